The zero-order chi connectivity index (χ0) is 17.3. The highest BCUT2D eigenvalue weighted by Gasteiger charge is 2.32. The summed E-state index contributed by atoms with van der Waals surface area (Å²) in [6.07, 6.45) is 3.17. The number of esters is 1. The number of anilines is 1. The van der Waals surface area contributed by atoms with Crippen LogP contribution in [0.5, 0.6) is 0 Å². The molecule has 0 atom stereocenters. The summed E-state index contributed by atoms with van der Waals surface area (Å²) < 4.78 is 10.2. The van der Waals surface area contributed by atoms with E-state index in [1.165, 1.54) is 11.3 Å². The second-order valence-corrected chi connectivity index (χ2v) is 5.98. The standard InChI is InChI=1S/C16H15N3O4S/c1-4-22-15(21)13-10(3)17-16(24-13)19-14(20)12(9(2)18-19)8-11-6-5-7-23-11/h5-8H,4H2,1-3H3/b12-8+. The van der Waals surface area contributed by atoms with Crippen molar-refractivity contribution >= 4 is 40.1 Å². The van der Waals surface area contributed by atoms with Crippen LogP contribution < -0.4 is 5.01 Å². The van der Waals surface area contributed by atoms with Crippen molar-refractivity contribution < 1.29 is 18.7 Å². The van der Waals surface area contributed by atoms with Gasteiger partial charge in [0.15, 0.2) is 0 Å². The second-order valence-electron chi connectivity index (χ2n) is 5.01. The molecule has 0 unspecified atom stereocenters. The third kappa shape index (κ3) is 2.88. The quantitative estimate of drug-likeness (QED) is 0.628. The fourth-order valence-corrected chi connectivity index (χ4v) is 3.10. The average molecular weight is 345 g/mol. The van der Waals surface area contributed by atoms with Gasteiger partial charge in [0, 0.05) is 0 Å². The molecule has 3 rings (SSSR count). The highest BCUT2D eigenvalue weighted by Crippen LogP contribution is 2.31. The number of aryl methyl sites for hydroxylation is 1. The van der Waals surface area contributed by atoms with Gasteiger partial charge >= 0.3 is 5.97 Å². The van der Waals surface area contributed by atoms with E-state index in [9.17, 15) is 9.59 Å². The predicted octanol–water partition coefficient (Wildman–Crippen LogP) is 3.03. The van der Waals surface area contributed by atoms with Crippen LogP contribution in [0.1, 0.15) is 35.0 Å². The highest BCUT2D eigenvalue weighted by atomic mass is 32.1. The molecule has 0 N–H and O–H groups in total. The average Bonchev–Trinajstić information content (AvgIpc) is 3.24. The number of hydrogen-bond acceptors (Lipinski definition) is 7. The maximum absolute atomic E-state index is 12.6. The van der Waals surface area contributed by atoms with Crippen molar-refractivity contribution in [3.8, 4) is 0 Å². The first-order chi connectivity index (χ1) is 11.5. The molecule has 0 spiro atoms. The van der Waals surface area contributed by atoms with Crippen molar-refractivity contribution in [3.05, 3.63) is 40.3 Å². The van der Waals surface area contributed by atoms with Gasteiger partial charge in [-0.25, -0.2) is 9.78 Å². The summed E-state index contributed by atoms with van der Waals surface area (Å²) in [6, 6.07) is 3.49. The minimum Gasteiger partial charge on any atom is -0.465 e. The van der Waals surface area contributed by atoms with Crippen LogP contribution in [-0.4, -0.2) is 29.2 Å². The SMILES string of the molecule is CCOC(=O)c1sc(N2N=C(C)/C(=C\c3ccco3)C2=O)nc1C. The van der Waals surface area contributed by atoms with Crippen LogP contribution in [0.15, 0.2) is 33.5 Å². The van der Waals surface area contributed by atoms with Gasteiger partial charge in [-0.1, -0.05) is 11.3 Å². The van der Waals surface area contributed by atoms with Gasteiger partial charge in [0.2, 0.25) is 5.13 Å². The fraction of sp³-hybridized carbons (Fsp3) is 0.250. The molecule has 1 aliphatic rings. The minimum atomic E-state index is -0.447. The van der Waals surface area contributed by atoms with Crippen molar-refractivity contribution in [2.24, 2.45) is 5.10 Å². The predicted molar refractivity (Wildman–Crippen MR) is 90.1 cm³/mol. The van der Waals surface area contributed by atoms with E-state index in [2.05, 4.69) is 10.1 Å². The van der Waals surface area contributed by atoms with E-state index in [0.717, 1.165) is 11.3 Å². The van der Waals surface area contributed by atoms with E-state index in [0.29, 0.717) is 32.7 Å². The number of hydrazone groups is 1. The van der Waals surface area contributed by atoms with Crippen LogP contribution in [0.4, 0.5) is 5.13 Å². The molecule has 0 saturated heterocycles. The lowest BCUT2D eigenvalue weighted by Crippen LogP contribution is -2.21. The molecule has 2 aromatic heterocycles. The third-order valence-corrected chi connectivity index (χ3v) is 4.43. The van der Waals surface area contributed by atoms with Crippen LogP contribution in [-0.2, 0) is 9.53 Å². The molecule has 1 aliphatic heterocycles. The number of aromatic nitrogens is 1. The molecule has 0 radical (unpaired) electrons. The van der Waals surface area contributed by atoms with Gasteiger partial charge < -0.3 is 9.15 Å². The van der Waals surface area contributed by atoms with E-state index in [1.54, 1.807) is 39.0 Å². The van der Waals surface area contributed by atoms with Crippen LogP contribution in [0.3, 0.4) is 0 Å². The summed E-state index contributed by atoms with van der Waals surface area (Å²) in [4.78, 5) is 29.2. The number of nitrogens with zero attached hydrogens (tertiary/aromatic N) is 3. The molecule has 2 aromatic rings. The Labute approximate surface area is 142 Å². The van der Waals surface area contributed by atoms with Gasteiger partial charge in [-0.3, -0.25) is 4.79 Å². The Bertz CT molecular complexity index is 849. The van der Waals surface area contributed by atoms with Gasteiger partial charge in [0.25, 0.3) is 5.91 Å². The summed E-state index contributed by atoms with van der Waals surface area (Å²) in [7, 11) is 0. The van der Waals surface area contributed by atoms with E-state index in [4.69, 9.17) is 9.15 Å². The minimum absolute atomic E-state index is 0.279. The number of carbonyl (C=O) groups is 2. The lowest BCUT2D eigenvalue weighted by Gasteiger charge is -2.06. The third-order valence-electron chi connectivity index (χ3n) is 3.32. The first kappa shape index (κ1) is 16.1. The zero-order valence-electron chi connectivity index (χ0n) is 13.4. The highest BCUT2D eigenvalue weighted by molar-refractivity contribution is 7.17. The van der Waals surface area contributed by atoms with E-state index < -0.39 is 5.97 Å². The van der Waals surface area contributed by atoms with Crippen LogP contribution >= 0.6 is 11.3 Å². The van der Waals surface area contributed by atoms with Crippen molar-refractivity contribution in [3.63, 3.8) is 0 Å². The van der Waals surface area contributed by atoms with Gasteiger partial charge in [0.05, 0.1) is 29.8 Å². The lowest BCUT2D eigenvalue weighted by molar-refractivity contribution is -0.114. The van der Waals surface area contributed by atoms with Gasteiger partial charge in [-0.15, -0.1) is 0 Å². The molecule has 0 aromatic carbocycles. The molecule has 0 bridgehead atoms. The Morgan fingerprint density at radius 1 is 1.46 bits per heavy atom. The smallest absolute Gasteiger partial charge is 0.350 e. The Kier molecular flexibility index (Phi) is 4.30. The molecule has 7 nitrogen and oxygen atoms in total. The second kappa shape index (κ2) is 6.40. The Hall–Kier alpha value is -2.74. The van der Waals surface area contributed by atoms with Gasteiger partial charge in [0.1, 0.15) is 10.6 Å². The van der Waals surface area contributed by atoms with Crippen LogP contribution in [0.25, 0.3) is 6.08 Å². The van der Waals surface area contributed by atoms with Gasteiger partial charge in [-0.2, -0.15) is 10.1 Å². The molecule has 124 valence electrons. The van der Waals surface area contributed by atoms with Crippen molar-refractivity contribution in [1.82, 2.24) is 4.98 Å². The van der Waals surface area contributed by atoms with Crippen LogP contribution in [0.2, 0.25) is 0 Å². The topological polar surface area (TPSA) is 85.0 Å². The maximum Gasteiger partial charge on any atom is 0.350 e. The van der Waals surface area contributed by atoms with Gasteiger partial charge in [-0.05, 0) is 39.0 Å². The Morgan fingerprint density at radius 2 is 2.25 bits per heavy atom. The summed E-state index contributed by atoms with van der Waals surface area (Å²) >= 11 is 1.08. The number of hydrogen-bond donors (Lipinski definition) is 0. The largest absolute Gasteiger partial charge is 0.465 e. The van der Waals surface area contributed by atoms with Crippen molar-refractivity contribution in [1.29, 1.82) is 0 Å². The lowest BCUT2D eigenvalue weighted by atomic mass is 10.1. The molecule has 0 fully saturated rings. The summed E-state index contributed by atoms with van der Waals surface area (Å²) in [5, 5.41) is 5.78. The molecule has 0 saturated carbocycles. The van der Waals surface area contributed by atoms with Crippen LogP contribution in [0, 0.1) is 6.92 Å². The molecular weight excluding hydrogens is 330 g/mol. The summed E-state index contributed by atoms with van der Waals surface area (Å²) in [5.41, 5.74) is 1.50. The number of furan rings is 1. The molecular formula is C16H15N3O4S. The molecule has 1 amide bonds. The molecule has 8 heteroatoms. The molecule has 24 heavy (non-hydrogen) atoms. The first-order valence-corrected chi connectivity index (χ1v) is 8.12. The monoisotopic (exact) mass is 345 g/mol. The number of ether oxygens (including phenoxy) is 1. The fourth-order valence-electron chi connectivity index (χ4n) is 2.19. The molecule has 3 heterocycles. The number of rotatable bonds is 4. The van der Waals surface area contributed by atoms with E-state index in [1.807, 2.05) is 0 Å². The maximum atomic E-state index is 12.6. The summed E-state index contributed by atoms with van der Waals surface area (Å²) in [5.74, 6) is -0.192. The zero-order valence-corrected chi connectivity index (χ0v) is 14.2. The Morgan fingerprint density at radius 3 is 2.92 bits per heavy atom. The number of carbonyl (C=O) groups excluding carboxylic acids is 2. The first-order valence-electron chi connectivity index (χ1n) is 7.31. The number of amides is 1. The summed E-state index contributed by atoms with van der Waals surface area (Å²) in [6.45, 7) is 5.45. The van der Waals surface area contributed by atoms with Crippen molar-refractivity contribution in [2.75, 3.05) is 11.6 Å². The normalized spacial score (nSPS) is 16.0. The number of thiazole rings is 1. The van der Waals surface area contributed by atoms with E-state index in [-0.39, 0.29) is 12.5 Å². The van der Waals surface area contributed by atoms with E-state index >= 15 is 0 Å². The van der Waals surface area contributed by atoms with Crippen molar-refractivity contribution in [2.45, 2.75) is 20.8 Å². The molecule has 0 aliphatic carbocycles. The Balaban J connectivity index is 1.90.